The van der Waals surface area contributed by atoms with Gasteiger partial charge in [0.1, 0.15) is 11.7 Å². The number of hydrogen-bond acceptors (Lipinski definition) is 2. The molecule has 2 heteroatoms. The normalized spacial score (nSPS) is 16.3. The minimum Gasteiger partial charge on any atom is -0.302 e. The van der Waals surface area contributed by atoms with E-state index in [2.05, 4.69) is 0 Å². The largest absolute Gasteiger partial charge is 0.302 e. The van der Waals surface area contributed by atoms with Gasteiger partial charge in [-0.05, 0) is 12.8 Å². The van der Waals surface area contributed by atoms with Gasteiger partial charge < -0.3 is 4.79 Å². The van der Waals surface area contributed by atoms with Crippen molar-refractivity contribution in [1.82, 2.24) is 0 Å². The first kappa shape index (κ1) is 8.16. The first-order valence-electron chi connectivity index (χ1n) is 2.94. The van der Waals surface area contributed by atoms with Gasteiger partial charge in [-0.15, -0.1) is 0 Å². The van der Waals surface area contributed by atoms with E-state index >= 15 is 0 Å². The number of nitriles is 1. The Labute approximate surface area is 55.5 Å². The maximum atomic E-state index is 10.3. The summed E-state index contributed by atoms with van der Waals surface area (Å²) in [6.07, 6.45) is 0.706. The van der Waals surface area contributed by atoms with Gasteiger partial charge in [0.05, 0.1) is 6.07 Å². The van der Waals surface area contributed by atoms with Crippen LogP contribution in [0.3, 0.4) is 0 Å². The zero-order chi connectivity index (χ0) is 7.49. The van der Waals surface area contributed by atoms with E-state index in [1.54, 1.807) is 6.92 Å². The minimum atomic E-state index is -0.792. The Hall–Kier alpha value is -0.840. The molecule has 1 atom stereocenters. The molecule has 0 aromatic heterocycles. The van der Waals surface area contributed by atoms with Crippen LogP contribution in [-0.4, -0.2) is 6.29 Å². The molecule has 50 valence electrons. The highest BCUT2D eigenvalue weighted by molar-refractivity contribution is 5.63. The Kier molecular flexibility index (Phi) is 2.39. The molecule has 2 nitrogen and oxygen atoms in total. The van der Waals surface area contributed by atoms with Crippen LogP contribution in [-0.2, 0) is 4.79 Å². The summed E-state index contributed by atoms with van der Waals surface area (Å²) in [5, 5.41) is 8.47. The summed E-state index contributed by atoms with van der Waals surface area (Å²) in [6, 6.07) is 1.96. The average Bonchev–Trinajstić information content (AvgIpc) is 1.86. The smallest absolute Gasteiger partial charge is 0.140 e. The van der Waals surface area contributed by atoms with Crippen molar-refractivity contribution in [2.24, 2.45) is 11.3 Å². The molecule has 0 bridgehead atoms. The summed E-state index contributed by atoms with van der Waals surface area (Å²) >= 11 is 0. The topological polar surface area (TPSA) is 40.9 Å². The second-order valence-electron chi connectivity index (χ2n) is 2.67. The number of aldehydes is 1. The third-order valence-corrected chi connectivity index (χ3v) is 1.69. The van der Waals surface area contributed by atoms with Crippen LogP contribution in [0.1, 0.15) is 20.8 Å². The van der Waals surface area contributed by atoms with E-state index in [1.165, 1.54) is 0 Å². The second kappa shape index (κ2) is 2.63. The standard InChI is InChI=1S/C7H11NO/c1-6(2)7(3,4-8)5-9/h5-6H,1-3H3. The van der Waals surface area contributed by atoms with E-state index in [-0.39, 0.29) is 5.92 Å². The summed E-state index contributed by atoms with van der Waals surface area (Å²) in [6.45, 7) is 5.36. The first-order valence-corrected chi connectivity index (χ1v) is 2.94. The lowest BCUT2D eigenvalue weighted by Crippen LogP contribution is -2.22. The molecule has 9 heavy (non-hydrogen) atoms. The fraction of sp³-hybridized carbons (Fsp3) is 0.714. The van der Waals surface area contributed by atoms with Gasteiger partial charge in [0.2, 0.25) is 0 Å². The molecule has 0 aliphatic heterocycles. The lowest BCUT2D eigenvalue weighted by atomic mass is 9.82. The Bertz CT molecular complexity index is 145. The van der Waals surface area contributed by atoms with Crippen LogP contribution < -0.4 is 0 Å². The summed E-state index contributed by atoms with van der Waals surface area (Å²) in [7, 11) is 0. The maximum absolute atomic E-state index is 10.3. The molecule has 0 radical (unpaired) electrons. The van der Waals surface area contributed by atoms with Crippen molar-refractivity contribution in [2.75, 3.05) is 0 Å². The van der Waals surface area contributed by atoms with Gasteiger partial charge in [-0.2, -0.15) is 5.26 Å². The lowest BCUT2D eigenvalue weighted by molar-refractivity contribution is -0.114. The number of carbonyl (C=O) groups excluding carboxylic acids is 1. The van der Waals surface area contributed by atoms with E-state index in [0.717, 1.165) is 0 Å². The zero-order valence-electron chi connectivity index (χ0n) is 6.01. The van der Waals surface area contributed by atoms with E-state index in [1.807, 2.05) is 19.9 Å². The highest BCUT2D eigenvalue weighted by Gasteiger charge is 2.26. The summed E-state index contributed by atoms with van der Waals surface area (Å²) in [5.74, 6) is 0.0972. The van der Waals surface area contributed by atoms with Crippen molar-refractivity contribution in [1.29, 1.82) is 5.26 Å². The molecule has 0 N–H and O–H groups in total. The molecule has 0 heterocycles. The summed E-state index contributed by atoms with van der Waals surface area (Å²) < 4.78 is 0. The predicted molar refractivity (Wildman–Crippen MR) is 34.6 cm³/mol. The highest BCUT2D eigenvalue weighted by atomic mass is 16.1. The zero-order valence-corrected chi connectivity index (χ0v) is 6.01. The van der Waals surface area contributed by atoms with Crippen molar-refractivity contribution >= 4 is 6.29 Å². The highest BCUT2D eigenvalue weighted by Crippen LogP contribution is 2.22. The van der Waals surface area contributed by atoms with E-state index in [9.17, 15) is 4.79 Å². The third-order valence-electron chi connectivity index (χ3n) is 1.69. The molecule has 0 saturated heterocycles. The van der Waals surface area contributed by atoms with Gasteiger partial charge >= 0.3 is 0 Å². The Morgan fingerprint density at radius 1 is 1.67 bits per heavy atom. The fourth-order valence-electron chi connectivity index (χ4n) is 0.292. The second-order valence-corrected chi connectivity index (χ2v) is 2.67. The van der Waals surface area contributed by atoms with Crippen molar-refractivity contribution in [2.45, 2.75) is 20.8 Å². The van der Waals surface area contributed by atoms with Crippen LogP contribution in [0.5, 0.6) is 0 Å². The van der Waals surface area contributed by atoms with Gasteiger partial charge in [-0.3, -0.25) is 0 Å². The molecule has 0 spiro atoms. The molecule has 0 aliphatic rings. The van der Waals surface area contributed by atoms with E-state index in [0.29, 0.717) is 6.29 Å². The Balaban J connectivity index is 4.32. The Morgan fingerprint density at radius 2 is 2.11 bits per heavy atom. The van der Waals surface area contributed by atoms with Crippen LogP contribution in [0.25, 0.3) is 0 Å². The van der Waals surface area contributed by atoms with Crippen LogP contribution in [0.4, 0.5) is 0 Å². The lowest BCUT2D eigenvalue weighted by Gasteiger charge is -2.17. The van der Waals surface area contributed by atoms with Gasteiger partial charge in [0, 0.05) is 0 Å². The minimum absolute atomic E-state index is 0.0972. The molecule has 1 unspecified atom stereocenters. The van der Waals surface area contributed by atoms with Crippen molar-refractivity contribution in [3.63, 3.8) is 0 Å². The molecule has 0 aromatic carbocycles. The summed E-state index contributed by atoms with van der Waals surface area (Å²) in [4.78, 5) is 10.3. The average molecular weight is 125 g/mol. The SMILES string of the molecule is CC(C)C(C)(C#N)C=O. The van der Waals surface area contributed by atoms with E-state index < -0.39 is 5.41 Å². The number of carbonyl (C=O) groups is 1. The van der Waals surface area contributed by atoms with Crippen molar-refractivity contribution in [3.05, 3.63) is 0 Å². The van der Waals surface area contributed by atoms with Crippen molar-refractivity contribution < 1.29 is 4.79 Å². The Morgan fingerprint density at radius 3 is 2.11 bits per heavy atom. The van der Waals surface area contributed by atoms with Crippen LogP contribution in [0.2, 0.25) is 0 Å². The maximum Gasteiger partial charge on any atom is 0.140 e. The molecule has 0 aromatic rings. The van der Waals surface area contributed by atoms with E-state index in [4.69, 9.17) is 5.26 Å². The van der Waals surface area contributed by atoms with Gasteiger partial charge in [0.25, 0.3) is 0 Å². The number of nitrogens with zero attached hydrogens (tertiary/aromatic N) is 1. The molecule has 0 fully saturated rings. The number of hydrogen-bond donors (Lipinski definition) is 0. The van der Waals surface area contributed by atoms with Gasteiger partial charge in [-0.1, -0.05) is 13.8 Å². The van der Waals surface area contributed by atoms with Gasteiger partial charge in [-0.25, -0.2) is 0 Å². The fourth-order valence-corrected chi connectivity index (χ4v) is 0.292. The van der Waals surface area contributed by atoms with Crippen LogP contribution in [0.15, 0.2) is 0 Å². The van der Waals surface area contributed by atoms with Crippen LogP contribution >= 0.6 is 0 Å². The van der Waals surface area contributed by atoms with Gasteiger partial charge in [0.15, 0.2) is 0 Å². The summed E-state index contributed by atoms with van der Waals surface area (Å²) in [5.41, 5.74) is -0.792. The number of rotatable bonds is 2. The molecular formula is C7H11NO. The molecule has 0 amide bonds. The molecule has 0 rings (SSSR count). The third kappa shape index (κ3) is 1.53. The van der Waals surface area contributed by atoms with Crippen molar-refractivity contribution in [3.8, 4) is 6.07 Å². The molecule has 0 aliphatic carbocycles. The first-order chi connectivity index (χ1) is 4.06. The molecule has 0 saturated carbocycles. The monoisotopic (exact) mass is 125 g/mol. The van der Waals surface area contributed by atoms with Crippen LogP contribution in [0, 0.1) is 22.7 Å². The molecular weight excluding hydrogens is 114 g/mol. The quantitative estimate of drug-likeness (QED) is 0.523. The predicted octanol–water partition coefficient (Wildman–Crippen LogP) is 1.37.